The summed E-state index contributed by atoms with van der Waals surface area (Å²) < 4.78 is 0. The average molecular weight is 317 g/mol. The number of hydrogen-bond donors (Lipinski definition) is 2. The predicted octanol–water partition coefficient (Wildman–Crippen LogP) is 4.49. The van der Waals surface area contributed by atoms with Crippen molar-refractivity contribution in [3.63, 3.8) is 0 Å². The van der Waals surface area contributed by atoms with E-state index in [-0.39, 0.29) is 5.56 Å². The minimum atomic E-state index is -1.00. The van der Waals surface area contributed by atoms with Crippen LogP contribution in [0.1, 0.15) is 34.0 Å². The van der Waals surface area contributed by atoms with Gasteiger partial charge in [0.15, 0.2) is 0 Å². The second kappa shape index (κ2) is 6.62. The van der Waals surface area contributed by atoms with E-state index in [0.717, 1.165) is 22.4 Å². The summed E-state index contributed by atoms with van der Waals surface area (Å²) in [7, 11) is 0. The molecule has 0 atom stereocenters. The summed E-state index contributed by atoms with van der Waals surface area (Å²) >= 11 is 6.06. The molecule has 0 aliphatic heterocycles. The first-order valence-electron chi connectivity index (χ1n) is 6.79. The van der Waals surface area contributed by atoms with Crippen LogP contribution in [0.15, 0.2) is 41.5 Å². The Morgan fingerprint density at radius 3 is 2.59 bits per heavy atom. The molecule has 0 bridgehead atoms. The Labute approximate surface area is 134 Å². The van der Waals surface area contributed by atoms with Crippen LogP contribution in [0.2, 0.25) is 5.02 Å². The van der Waals surface area contributed by atoms with E-state index in [0.29, 0.717) is 10.7 Å². The lowest BCUT2D eigenvalue weighted by molar-refractivity contribution is 0.0697. The van der Waals surface area contributed by atoms with Gasteiger partial charge >= 0.3 is 5.97 Å². The Morgan fingerprint density at radius 1 is 1.18 bits per heavy atom. The van der Waals surface area contributed by atoms with Crippen LogP contribution in [0, 0.1) is 13.8 Å². The SMILES string of the molecule is C/C(=N/Nc1cc(C(=O)O)ccc1Cl)c1cc(C)ccc1C. The van der Waals surface area contributed by atoms with Gasteiger partial charge in [0.2, 0.25) is 0 Å². The Hall–Kier alpha value is -2.33. The van der Waals surface area contributed by atoms with Crippen molar-refractivity contribution in [3.05, 3.63) is 63.7 Å². The molecule has 0 spiro atoms. The second-order valence-electron chi connectivity index (χ2n) is 5.13. The Balaban J connectivity index is 2.29. The highest BCUT2D eigenvalue weighted by atomic mass is 35.5. The molecule has 0 saturated carbocycles. The molecule has 0 heterocycles. The number of aromatic carboxylic acids is 1. The number of benzene rings is 2. The van der Waals surface area contributed by atoms with E-state index in [2.05, 4.69) is 16.6 Å². The number of carbonyl (C=O) groups is 1. The molecule has 0 saturated heterocycles. The molecule has 2 rings (SSSR count). The summed E-state index contributed by atoms with van der Waals surface area (Å²) in [6.45, 7) is 5.94. The normalized spacial score (nSPS) is 11.4. The molecule has 0 aliphatic carbocycles. The monoisotopic (exact) mass is 316 g/mol. The standard InChI is InChI=1S/C17H17ClN2O2/c1-10-4-5-11(2)14(8-10)12(3)19-20-16-9-13(17(21)22)6-7-15(16)18/h4-9,20H,1-3H3,(H,21,22)/b19-12-. The maximum Gasteiger partial charge on any atom is 0.335 e. The van der Waals surface area contributed by atoms with Gasteiger partial charge in [0, 0.05) is 5.56 Å². The zero-order valence-corrected chi connectivity index (χ0v) is 13.4. The lowest BCUT2D eigenvalue weighted by atomic mass is 10.0. The van der Waals surface area contributed by atoms with Gasteiger partial charge in [-0.05, 0) is 50.6 Å². The minimum Gasteiger partial charge on any atom is -0.478 e. The molecule has 2 N–H and O–H groups in total. The highest BCUT2D eigenvalue weighted by Gasteiger charge is 2.07. The van der Waals surface area contributed by atoms with Gasteiger partial charge in [0.05, 0.1) is 22.0 Å². The first kappa shape index (κ1) is 16.0. The van der Waals surface area contributed by atoms with Gasteiger partial charge in [-0.3, -0.25) is 5.43 Å². The van der Waals surface area contributed by atoms with Crippen LogP contribution >= 0.6 is 11.6 Å². The molecule has 0 unspecified atom stereocenters. The molecule has 0 fully saturated rings. The van der Waals surface area contributed by atoms with Gasteiger partial charge < -0.3 is 5.11 Å². The van der Waals surface area contributed by atoms with Gasteiger partial charge in [0.1, 0.15) is 0 Å². The fourth-order valence-corrected chi connectivity index (χ4v) is 2.23. The number of hydrogen-bond acceptors (Lipinski definition) is 3. The van der Waals surface area contributed by atoms with Gasteiger partial charge in [-0.2, -0.15) is 5.10 Å². The summed E-state index contributed by atoms with van der Waals surface area (Å²) in [6, 6.07) is 10.6. The minimum absolute atomic E-state index is 0.159. The van der Waals surface area contributed by atoms with E-state index in [1.165, 1.54) is 18.2 Å². The summed E-state index contributed by atoms with van der Waals surface area (Å²) in [5.41, 5.74) is 7.59. The highest BCUT2D eigenvalue weighted by molar-refractivity contribution is 6.33. The quantitative estimate of drug-likeness (QED) is 0.645. The average Bonchev–Trinajstić information content (AvgIpc) is 2.48. The van der Waals surface area contributed by atoms with Crippen molar-refractivity contribution in [1.29, 1.82) is 0 Å². The van der Waals surface area contributed by atoms with E-state index < -0.39 is 5.97 Å². The number of rotatable bonds is 4. The molecule has 2 aromatic rings. The predicted molar refractivity (Wildman–Crippen MR) is 90.2 cm³/mol. The molecule has 114 valence electrons. The molecule has 4 nitrogen and oxygen atoms in total. The van der Waals surface area contributed by atoms with Gasteiger partial charge in [-0.25, -0.2) is 4.79 Å². The summed E-state index contributed by atoms with van der Waals surface area (Å²) in [4.78, 5) is 11.0. The zero-order chi connectivity index (χ0) is 16.3. The molecule has 2 aromatic carbocycles. The molecular weight excluding hydrogens is 300 g/mol. The lowest BCUT2D eigenvalue weighted by Gasteiger charge is -2.09. The van der Waals surface area contributed by atoms with Crippen LogP contribution in [0.25, 0.3) is 0 Å². The Kier molecular flexibility index (Phi) is 4.83. The third kappa shape index (κ3) is 3.65. The number of halogens is 1. The number of anilines is 1. The van der Waals surface area contributed by atoms with Crippen molar-refractivity contribution in [1.82, 2.24) is 0 Å². The van der Waals surface area contributed by atoms with Crippen molar-refractivity contribution in [3.8, 4) is 0 Å². The number of aryl methyl sites for hydroxylation is 2. The first-order chi connectivity index (χ1) is 10.4. The molecule has 0 amide bonds. The topological polar surface area (TPSA) is 61.7 Å². The molecule has 0 radical (unpaired) electrons. The van der Waals surface area contributed by atoms with E-state index in [1.54, 1.807) is 0 Å². The first-order valence-corrected chi connectivity index (χ1v) is 7.17. The molecule has 0 aromatic heterocycles. The molecule has 5 heteroatoms. The number of carboxylic acid groups (broad SMARTS) is 1. The molecule has 0 aliphatic rings. The van der Waals surface area contributed by atoms with E-state index in [1.807, 2.05) is 32.9 Å². The second-order valence-corrected chi connectivity index (χ2v) is 5.53. The lowest BCUT2D eigenvalue weighted by Crippen LogP contribution is -2.04. The van der Waals surface area contributed by atoms with Gasteiger partial charge in [-0.1, -0.05) is 29.3 Å². The number of carboxylic acids is 1. The number of nitrogens with zero attached hydrogens (tertiary/aromatic N) is 1. The van der Waals surface area contributed by atoms with Crippen LogP contribution in [0.3, 0.4) is 0 Å². The summed E-state index contributed by atoms with van der Waals surface area (Å²) in [6.07, 6.45) is 0. The van der Waals surface area contributed by atoms with Crippen molar-refractivity contribution < 1.29 is 9.90 Å². The van der Waals surface area contributed by atoms with Crippen molar-refractivity contribution in [2.24, 2.45) is 5.10 Å². The van der Waals surface area contributed by atoms with Crippen molar-refractivity contribution >= 4 is 29.0 Å². The van der Waals surface area contributed by atoms with Crippen molar-refractivity contribution in [2.75, 3.05) is 5.43 Å². The van der Waals surface area contributed by atoms with Crippen molar-refractivity contribution in [2.45, 2.75) is 20.8 Å². The molecule has 22 heavy (non-hydrogen) atoms. The van der Waals surface area contributed by atoms with E-state index in [4.69, 9.17) is 16.7 Å². The van der Waals surface area contributed by atoms with Crippen LogP contribution in [0.4, 0.5) is 5.69 Å². The number of nitrogens with one attached hydrogen (secondary N) is 1. The maximum atomic E-state index is 11.0. The van der Waals surface area contributed by atoms with Crippen LogP contribution in [0.5, 0.6) is 0 Å². The van der Waals surface area contributed by atoms with Crippen LogP contribution in [-0.4, -0.2) is 16.8 Å². The fourth-order valence-electron chi connectivity index (χ4n) is 2.07. The summed E-state index contributed by atoms with van der Waals surface area (Å²) in [5.74, 6) is -1.00. The van der Waals surface area contributed by atoms with E-state index in [9.17, 15) is 4.79 Å². The smallest absolute Gasteiger partial charge is 0.335 e. The van der Waals surface area contributed by atoms with Crippen LogP contribution in [-0.2, 0) is 0 Å². The summed E-state index contributed by atoms with van der Waals surface area (Å²) in [5, 5.41) is 13.8. The Morgan fingerprint density at radius 2 is 1.91 bits per heavy atom. The van der Waals surface area contributed by atoms with Gasteiger partial charge in [-0.15, -0.1) is 0 Å². The fraction of sp³-hybridized carbons (Fsp3) is 0.176. The largest absolute Gasteiger partial charge is 0.478 e. The van der Waals surface area contributed by atoms with E-state index >= 15 is 0 Å². The maximum absolute atomic E-state index is 11.0. The third-order valence-corrected chi connectivity index (χ3v) is 3.67. The third-order valence-electron chi connectivity index (χ3n) is 3.34. The van der Waals surface area contributed by atoms with Crippen LogP contribution < -0.4 is 5.43 Å². The zero-order valence-electron chi connectivity index (χ0n) is 12.6. The molecular formula is C17H17ClN2O2. The number of hydrazone groups is 1. The highest BCUT2D eigenvalue weighted by Crippen LogP contribution is 2.23. The Bertz CT molecular complexity index is 754. The van der Waals surface area contributed by atoms with Gasteiger partial charge in [0.25, 0.3) is 0 Å².